The third kappa shape index (κ3) is 4.18. The Morgan fingerprint density at radius 2 is 1.09 bits per heavy atom. The van der Waals surface area contributed by atoms with Gasteiger partial charge in [-0.2, -0.15) is 0 Å². The third-order valence-electron chi connectivity index (χ3n) is 5.50. The molecule has 0 radical (unpaired) electrons. The molecule has 0 nitrogen and oxygen atoms in total. The quantitative estimate of drug-likeness (QED) is 0.406. The van der Waals surface area contributed by atoms with Crippen LogP contribution in [0.5, 0.6) is 0 Å². The molecule has 0 amide bonds. The van der Waals surface area contributed by atoms with E-state index in [1.54, 1.807) is 11.1 Å². The second-order valence-corrected chi connectivity index (χ2v) is 11.7. The maximum absolute atomic E-state index is 2.45. The summed E-state index contributed by atoms with van der Waals surface area (Å²) in [5.41, 5.74) is 4.73. The van der Waals surface area contributed by atoms with Crippen LogP contribution in [0.2, 0.25) is 0 Å². The van der Waals surface area contributed by atoms with Crippen molar-refractivity contribution in [1.82, 2.24) is 0 Å². The minimum absolute atomic E-state index is 0.254. The van der Waals surface area contributed by atoms with Gasteiger partial charge in [-0.05, 0) is 46.3 Å². The highest BCUT2D eigenvalue weighted by Gasteiger charge is 2.47. The van der Waals surface area contributed by atoms with Crippen molar-refractivity contribution < 1.29 is 0 Å². The summed E-state index contributed by atoms with van der Waals surface area (Å²) in [5.74, 6) is 1.45. The second kappa shape index (κ2) is 5.67. The molecule has 2 unspecified atom stereocenters. The summed E-state index contributed by atoms with van der Waals surface area (Å²) in [7, 11) is 0. The monoisotopic (exact) mass is 306 g/mol. The first-order valence-electron chi connectivity index (χ1n) is 9.21. The Morgan fingerprint density at radius 3 is 1.36 bits per heavy atom. The van der Waals surface area contributed by atoms with E-state index in [1.807, 2.05) is 0 Å². The summed E-state index contributed by atoms with van der Waals surface area (Å²) in [4.78, 5) is 0. The van der Waals surface area contributed by atoms with Gasteiger partial charge in [-0.1, -0.05) is 94.2 Å². The van der Waals surface area contributed by atoms with Crippen molar-refractivity contribution in [1.29, 1.82) is 0 Å². The molecular weight excluding hydrogens is 264 g/mol. The van der Waals surface area contributed by atoms with Crippen molar-refractivity contribution in [2.45, 2.75) is 95.9 Å². The molecule has 22 heavy (non-hydrogen) atoms. The predicted molar refractivity (Wildman–Crippen MR) is 101 cm³/mol. The Labute approximate surface area is 141 Å². The van der Waals surface area contributed by atoms with Crippen LogP contribution in [0.4, 0.5) is 0 Å². The summed E-state index contributed by atoms with van der Waals surface area (Å²) in [6.45, 7) is 29.2. The zero-order valence-corrected chi connectivity index (χ0v) is 17.6. The van der Waals surface area contributed by atoms with E-state index in [4.69, 9.17) is 0 Å². The highest BCUT2D eigenvalue weighted by Crippen LogP contribution is 2.57. The largest absolute Gasteiger partial charge is 0.0648 e. The molecule has 0 saturated carbocycles. The first kappa shape index (κ1) is 19.8. The van der Waals surface area contributed by atoms with Crippen molar-refractivity contribution in [2.75, 3.05) is 0 Å². The lowest BCUT2D eigenvalue weighted by Crippen LogP contribution is -2.44. The Hall–Kier alpha value is -0.260. The summed E-state index contributed by atoms with van der Waals surface area (Å²) in [5, 5.41) is 0. The molecule has 0 fully saturated rings. The fraction of sp³-hybridized carbons (Fsp3) is 0.909. The van der Waals surface area contributed by atoms with Gasteiger partial charge in [0.1, 0.15) is 0 Å². The van der Waals surface area contributed by atoms with E-state index in [0.717, 1.165) is 5.92 Å². The predicted octanol–water partition coefficient (Wildman–Crippen LogP) is 7.49. The minimum Gasteiger partial charge on any atom is -0.0648 e. The lowest BCUT2D eigenvalue weighted by atomic mass is 9.52. The number of allylic oxidation sites excluding steroid dienone is 2. The van der Waals surface area contributed by atoms with E-state index in [2.05, 4.69) is 83.1 Å². The van der Waals surface area contributed by atoms with Crippen LogP contribution in [0.15, 0.2) is 11.1 Å². The molecule has 1 rings (SSSR count). The average molecular weight is 307 g/mol. The van der Waals surface area contributed by atoms with Gasteiger partial charge in [0.15, 0.2) is 0 Å². The zero-order chi connectivity index (χ0) is 17.7. The van der Waals surface area contributed by atoms with Crippen molar-refractivity contribution in [3.05, 3.63) is 11.1 Å². The van der Waals surface area contributed by atoms with E-state index in [9.17, 15) is 0 Å². The molecule has 0 aromatic rings. The fourth-order valence-electron chi connectivity index (χ4n) is 4.66. The van der Waals surface area contributed by atoms with Crippen molar-refractivity contribution in [3.63, 3.8) is 0 Å². The molecule has 0 heteroatoms. The molecule has 0 spiro atoms. The molecule has 0 aliphatic heterocycles. The smallest absolute Gasteiger partial charge is 0.0113 e. The highest BCUT2D eigenvalue weighted by atomic mass is 14.5. The molecule has 0 aromatic carbocycles. The standard InChI is InChI=1S/C22H42/c1-19(2,3)15-13-14-16(20(4,5)6)18(22(10,11)12)17(15)21(7,8)9/h15,17H,13-14H2,1-12H3. The van der Waals surface area contributed by atoms with Crippen LogP contribution < -0.4 is 0 Å². The summed E-state index contributed by atoms with van der Waals surface area (Å²) in [6, 6.07) is 0. The lowest BCUT2D eigenvalue weighted by molar-refractivity contribution is 0.0612. The molecule has 0 saturated heterocycles. The molecule has 0 heterocycles. The van der Waals surface area contributed by atoms with E-state index in [1.165, 1.54) is 12.8 Å². The van der Waals surface area contributed by atoms with E-state index in [0.29, 0.717) is 16.7 Å². The van der Waals surface area contributed by atoms with Gasteiger partial charge in [-0.25, -0.2) is 0 Å². The molecule has 0 N–H and O–H groups in total. The molecule has 0 bridgehead atoms. The average Bonchev–Trinajstić information content (AvgIpc) is 2.22. The summed E-state index contributed by atoms with van der Waals surface area (Å²) in [6.07, 6.45) is 2.63. The van der Waals surface area contributed by atoms with Gasteiger partial charge in [0.05, 0.1) is 0 Å². The fourth-order valence-corrected chi connectivity index (χ4v) is 4.66. The van der Waals surface area contributed by atoms with Crippen molar-refractivity contribution in [2.24, 2.45) is 33.5 Å². The van der Waals surface area contributed by atoms with Gasteiger partial charge in [0.2, 0.25) is 0 Å². The van der Waals surface area contributed by atoms with Crippen LogP contribution in [0.3, 0.4) is 0 Å². The number of hydrogen-bond donors (Lipinski definition) is 0. The van der Waals surface area contributed by atoms with Crippen LogP contribution in [-0.2, 0) is 0 Å². The SMILES string of the molecule is CC(C)(C)C1=C(C(C)(C)C)C(C(C)(C)C)C(C(C)(C)C)CC1. The molecule has 130 valence electrons. The molecule has 1 aliphatic rings. The van der Waals surface area contributed by atoms with Crippen molar-refractivity contribution >= 4 is 0 Å². The highest BCUT2D eigenvalue weighted by molar-refractivity contribution is 5.32. The van der Waals surface area contributed by atoms with Gasteiger partial charge >= 0.3 is 0 Å². The Bertz CT molecular complexity index is 421. The maximum Gasteiger partial charge on any atom is -0.0113 e. The Balaban J connectivity index is 3.65. The topological polar surface area (TPSA) is 0 Å². The Morgan fingerprint density at radius 1 is 0.636 bits per heavy atom. The van der Waals surface area contributed by atoms with E-state index >= 15 is 0 Å². The molecule has 2 atom stereocenters. The van der Waals surface area contributed by atoms with Crippen LogP contribution in [0, 0.1) is 33.5 Å². The zero-order valence-electron chi connectivity index (χ0n) is 17.6. The Kier molecular flexibility index (Phi) is 5.10. The molecular formula is C22H42. The van der Waals surface area contributed by atoms with Crippen LogP contribution in [0.25, 0.3) is 0 Å². The van der Waals surface area contributed by atoms with Gasteiger partial charge in [-0.15, -0.1) is 0 Å². The lowest BCUT2D eigenvalue weighted by Gasteiger charge is -2.53. The summed E-state index contributed by atoms with van der Waals surface area (Å²) < 4.78 is 0. The maximum atomic E-state index is 2.45. The van der Waals surface area contributed by atoms with E-state index < -0.39 is 0 Å². The van der Waals surface area contributed by atoms with Gasteiger partial charge < -0.3 is 0 Å². The molecule has 0 aromatic heterocycles. The first-order chi connectivity index (χ1) is 9.47. The van der Waals surface area contributed by atoms with Gasteiger partial charge in [0.25, 0.3) is 0 Å². The second-order valence-electron chi connectivity index (χ2n) is 11.7. The van der Waals surface area contributed by atoms with Crippen LogP contribution >= 0.6 is 0 Å². The van der Waals surface area contributed by atoms with E-state index in [-0.39, 0.29) is 10.8 Å². The van der Waals surface area contributed by atoms with Crippen molar-refractivity contribution in [3.8, 4) is 0 Å². The molecule has 1 aliphatic carbocycles. The normalized spacial score (nSPS) is 25.6. The minimum atomic E-state index is 0.254. The number of rotatable bonds is 0. The summed E-state index contributed by atoms with van der Waals surface area (Å²) >= 11 is 0. The van der Waals surface area contributed by atoms with Crippen LogP contribution in [-0.4, -0.2) is 0 Å². The first-order valence-corrected chi connectivity index (χ1v) is 9.21. The van der Waals surface area contributed by atoms with Gasteiger partial charge in [0, 0.05) is 0 Å². The van der Waals surface area contributed by atoms with Gasteiger partial charge in [-0.3, -0.25) is 0 Å². The number of hydrogen-bond acceptors (Lipinski definition) is 0. The third-order valence-corrected chi connectivity index (χ3v) is 5.50. The van der Waals surface area contributed by atoms with Crippen LogP contribution in [0.1, 0.15) is 95.9 Å².